The molecule has 152 valence electrons. The molecule has 1 atom stereocenters. The molecule has 0 radical (unpaired) electrons. The highest BCUT2D eigenvalue weighted by Crippen LogP contribution is 2.21. The third kappa shape index (κ3) is 4.89. The number of aromatic nitrogens is 3. The van der Waals surface area contributed by atoms with Gasteiger partial charge in [-0.15, -0.1) is 0 Å². The molecule has 0 saturated carbocycles. The lowest BCUT2D eigenvalue weighted by atomic mass is 10.1. The molecule has 29 heavy (non-hydrogen) atoms. The first kappa shape index (κ1) is 19.7. The van der Waals surface area contributed by atoms with Crippen LogP contribution in [0.2, 0.25) is 0 Å². The highest BCUT2D eigenvalue weighted by Gasteiger charge is 2.22. The van der Waals surface area contributed by atoms with Crippen LogP contribution in [0.25, 0.3) is 11.3 Å². The van der Waals surface area contributed by atoms with Crippen LogP contribution in [0.15, 0.2) is 54.6 Å². The van der Waals surface area contributed by atoms with E-state index >= 15 is 0 Å². The number of hydrogen-bond donors (Lipinski definition) is 1. The van der Waals surface area contributed by atoms with Gasteiger partial charge in [0, 0.05) is 24.7 Å². The van der Waals surface area contributed by atoms with Crippen molar-refractivity contribution in [2.45, 2.75) is 38.9 Å². The highest BCUT2D eigenvalue weighted by molar-refractivity contribution is 5.60. The summed E-state index contributed by atoms with van der Waals surface area (Å²) in [5.74, 6) is -0.231. The Hall–Kier alpha value is -2.57. The van der Waals surface area contributed by atoms with Gasteiger partial charge in [0.05, 0.1) is 6.54 Å². The molecule has 1 aliphatic rings. The minimum absolute atomic E-state index is 0.231. The van der Waals surface area contributed by atoms with Gasteiger partial charge < -0.3 is 5.32 Å². The summed E-state index contributed by atoms with van der Waals surface area (Å²) in [6.07, 6.45) is 2.53. The molecule has 4 rings (SSSR count). The van der Waals surface area contributed by atoms with E-state index in [1.807, 2.05) is 18.2 Å². The topological polar surface area (TPSA) is 46.0 Å². The van der Waals surface area contributed by atoms with Crippen LogP contribution in [0.3, 0.4) is 0 Å². The number of nitrogens with one attached hydrogen (secondary N) is 1. The lowest BCUT2D eigenvalue weighted by Gasteiger charge is -2.22. The van der Waals surface area contributed by atoms with Crippen LogP contribution < -0.4 is 5.32 Å². The Kier molecular flexibility index (Phi) is 6.32. The van der Waals surface area contributed by atoms with Gasteiger partial charge in [-0.05, 0) is 43.6 Å². The molecule has 0 bridgehead atoms. The standard InChI is InChI=1S/C23H28FN5/c1-2-28-14-6-9-21(28)15-25-16-22-23(19-7-4-3-5-8-19)27-29(26-22)17-18-10-12-20(24)13-11-18/h3-5,7-8,10-13,21,25H,2,6,9,14-17H2,1H3/t21-/m0/s1. The summed E-state index contributed by atoms with van der Waals surface area (Å²) < 4.78 is 13.2. The predicted octanol–water partition coefficient (Wildman–Crippen LogP) is 3.71. The number of hydrogen-bond acceptors (Lipinski definition) is 4. The van der Waals surface area contributed by atoms with Crippen molar-refractivity contribution in [3.05, 3.63) is 71.7 Å². The van der Waals surface area contributed by atoms with Crippen molar-refractivity contribution in [2.75, 3.05) is 19.6 Å². The van der Waals surface area contributed by atoms with E-state index in [2.05, 4.69) is 29.3 Å². The molecule has 0 unspecified atom stereocenters. The van der Waals surface area contributed by atoms with Crippen LogP contribution in [0, 0.1) is 5.82 Å². The molecule has 3 aromatic rings. The predicted molar refractivity (Wildman–Crippen MR) is 113 cm³/mol. The summed E-state index contributed by atoms with van der Waals surface area (Å²) in [5, 5.41) is 13.1. The smallest absolute Gasteiger partial charge is 0.123 e. The number of rotatable bonds is 8. The third-order valence-corrected chi connectivity index (χ3v) is 5.59. The number of nitrogens with zero attached hydrogens (tertiary/aromatic N) is 4. The van der Waals surface area contributed by atoms with Crippen molar-refractivity contribution in [3.63, 3.8) is 0 Å². The maximum atomic E-state index is 13.2. The van der Waals surface area contributed by atoms with Crippen molar-refractivity contribution >= 4 is 0 Å². The van der Waals surface area contributed by atoms with Gasteiger partial charge in [0.2, 0.25) is 0 Å². The van der Waals surface area contributed by atoms with Crippen molar-refractivity contribution in [2.24, 2.45) is 0 Å². The van der Waals surface area contributed by atoms with Crippen LogP contribution in [-0.2, 0) is 13.1 Å². The third-order valence-electron chi connectivity index (χ3n) is 5.59. The maximum absolute atomic E-state index is 13.2. The monoisotopic (exact) mass is 393 g/mol. The number of likely N-dealkylation sites (N-methyl/N-ethyl adjacent to an activating group) is 1. The quantitative estimate of drug-likeness (QED) is 0.634. The van der Waals surface area contributed by atoms with E-state index in [9.17, 15) is 4.39 Å². The van der Waals surface area contributed by atoms with E-state index in [-0.39, 0.29) is 5.82 Å². The fourth-order valence-electron chi connectivity index (χ4n) is 4.05. The first-order valence-corrected chi connectivity index (χ1v) is 10.4. The van der Waals surface area contributed by atoms with Crippen LogP contribution in [0.1, 0.15) is 31.0 Å². The van der Waals surface area contributed by atoms with Gasteiger partial charge in [-0.25, -0.2) is 4.39 Å². The first-order chi connectivity index (χ1) is 14.2. The van der Waals surface area contributed by atoms with Crippen LogP contribution in [-0.4, -0.2) is 45.6 Å². The molecule has 1 saturated heterocycles. The van der Waals surface area contributed by atoms with E-state index in [0.717, 1.165) is 35.6 Å². The molecule has 1 aromatic heterocycles. The van der Waals surface area contributed by atoms with Crippen molar-refractivity contribution in [3.8, 4) is 11.3 Å². The van der Waals surface area contributed by atoms with E-state index in [1.54, 1.807) is 16.9 Å². The number of halogens is 1. The Morgan fingerprint density at radius 1 is 1.07 bits per heavy atom. The van der Waals surface area contributed by atoms with Gasteiger partial charge in [-0.1, -0.05) is 49.4 Å². The van der Waals surface area contributed by atoms with Crippen LogP contribution in [0.4, 0.5) is 4.39 Å². The second-order valence-corrected chi connectivity index (χ2v) is 7.57. The second kappa shape index (κ2) is 9.29. The van der Waals surface area contributed by atoms with Gasteiger partial charge in [-0.2, -0.15) is 15.0 Å². The second-order valence-electron chi connectivity index (χ2n) is 7.57. The minimum atomic E-state index is -0.231. The van der Waals surface area contributed by atoms with E-state index in [1.165, 1.54) is 31.5 Å². The highest BCUT2D eigenvalue weighted by atomic mass is 19.1. The zero-order chi connectivity index (χ0) is 20.1. The normalized spacial score (nSPS) is 17.1. The Morgan fingerprint density at radius 3 is 2.62 bits per heavy atom. The molecule has 2 aromatic carbocycles. The summed E-state index contributed by atoms with van der Waals surface area (Å²) in [7, 11) is 0. The molecular weight excluding hydrogens is 365 g/mol. The minimum Gasteiger partial charge on any atom is -0.309 e. The van der Waals surface area contributed by atoms with E-state index < -0.39 is 0 Å². The molecule has 1 aliphatic heterocycles. The molecule has 0 amide bonds. The summed E-state index contributed by atoms with van der Waals surface area (Å²) in [4.78, 5) is 4.25. The van der Waals surface area contributed by atoms with Gasteiger partial charge in [0.15, 0.2) is 0 Å². The molecule has 0 aliphatic carbocycles. The molecule has 0 spiro atoms. The lowest BCUT2D eigenvalue weighted by molar-refractivity contribution is 0.259. The van der Waals surface area contributed by atoms with E-state index in [0.29, 0.717) is 19.1 Å². The van der Waals surface area contributed by atoms with Gasteiger partial charge in [0.1, 0.15) is 17.2 Å². The fourth-order valence-corrected chi connectivity index (χ4v) is 4.05. The van der Waals surface area contributed by atoms with Crippen LogP contribution >= 0.6 is 0 Å². The Labute approximate surface area is 171 Å². The number of benzene rings is 2. The largest absolute Gasteiger partial charge is 0.309 e. The summed E-state index contributed by atoms with van der Waals surface area (Å²) in [6, 6.07) is 17.3. The lowest BCUT2D eigenvalue weighted by Crippen LogP contribution is -2.37. The Morgan fingerprint density at radius 2 is 1.86 bits per heavy atom. The fraction of sp³-hybridized carbons (Fsp3) is 0.391. The average molecular weight is 394 g/mol. The van der Waals surface area contributed by atoms with Crippen molar-refractivity contribution < 1.29 is 4.39 Å². The first-order valence-electron chi connectivity index (χ1n) is 10.4. The zero-order valence-electron chi connectivity index (χ0n) is 16.9. The summed E-state index contributed by atoms with van der Waals surface area (Å²) in [5.41, 5.74) is 3.88. The Balaban J connectivity index is 1.49. The molecule has 1 N–H and O–H groups in total. The zero-order valence-corrected chi connectivity index (χ0v) is 16.9. The molecular formula is C23H28FN5. The van der Waals surface area contributed by atoms with E-state index in [4.69, 9.17) is 10.2 Å². The molecule has 6 heteroatoms. The van der Waals surface area contributed by atoms with Gasteiger partial charge in [0.25, 0.3) is 0 Å². The van der Waals surface area contributed by atoms with Crippen LogP contribution in [0.5, 0.6) is 0 Å². The maximum Gasteiger partial charge on any atom is 0.123 e. The van der Waals surface area contributed by atoms with Crippen molar-refractivity contribution in [1.29, 1.82) is 0 Å². The SMILES string of the molecule is CCN1CCC[C@H]1CNCc1nn(Cc2ccc(F)cc2)nc1-c1ccccc1. The Bertz CT molecular complexity index is 907. The summed E-state index contributed by atoms with van der Waals surface area (Å²) in [6.45, 7) is 6.70. The van der Waals surface area contributed by atoms with Crippen molar-refractivity contribution in [1.82, 2.24) is 25.2 Å². The molecule has 5 nitrogen and oxygen atoms in total. The van der Waals surface area contributed by atoms with Gasteiger partial charge in [-0.3, -0.25) is 4.90 Å². The number of likely N-dealkylation sites (tertiary alicyclic amines) is 1. The molecule has 2 heterocycles. The summed E-state index contributed by atoms with van der Waals surface area (Å²) >= 11 is 0. The average Bonchev–Trinajstić information content (AvgIpc) is 3.37. The molecule has 1 fully saturated rings. The van der Waals surface area contributed by atoms with Gasteiger partial charge >= 0.3 is 0 Å².